The molecule has 0 aliphatic carbocycles. The van der Waals surface area contributed by atoms with Gasteiger partial charge in [-0.15, -0.1) is 0 Å². The number of benzene rings is 3. The van der Waals surface area contributed by atoms with Gasteiger partial charge in [0.25, 0.3) is 15.9 Å². The van der Waals surface area contributed by atoms with Crippen LogP contribution in [0.3, 0.4) is 0 Å². The molecule has 0 unspecified atom stereocenters. The van der Waals surface area contributed by atoms with Crippen molar-refractivity contribution in [3.63, 3.8) is 0 Å². The largest absolute Gasteiger partial charge is 0.490 e. The smallest absolute Gasteiger partial charge is 0.311 e. The van der Waals surface area contributed by atoms with Gasteiger partial charge < -0.3 is 4.74 Å². The van der Waals surface area contributed by atoms with Gasteiger partial charge in [-0.1, -0.05) is 41.4 Å². The highest BCUT2D eigenvalue weighted by Crippen LogP contribution is 2.32. The van der Waals surface area contributed by atoms with E-state index in [0.717, 1.165) is 4.31 Å². The average Bonchev–Trinajstić information content (AvgIpc) is 2.83. The zero-order chi connectivity index (χ0) is 25.6. The fraction of sp³-hybridized carbons (Fsp3) is 0.0909. The number of carbonyl (C=O) groups excluding carboxylic acids is 1. The van der Waals surface area contributed by atoms with Crippen molar-refractivity contribution in [2.24, 2.45) is 5.10 Å². The van der Waals surface area contributed by atoms with E-state index < -0.39 is 27.4 Å². The Bertz CT molecular complexity index is 1380. The normalized spacial score (nSPS) is 11.3. The predicted molar refractivity (Wildman–Crippen MR) is 133 cm³/mol. The van der Waals surface area contributed by atoms with Crippen molar-refractivity contribution in [3.05, 3.63) is 92.5 Å². The molecule has 0 fully saturated rings. The van der Waals surface area contributed by atoms with Crippen LogP contribution in [-0.2, 0) is 14.8 Å². The fourth-order valence-electron chi connectivity index (χ4n) is 2.98. The van der Waals surface area contributed by atoms with Crippen molar-refractivity contribution in [1.29, 1.82) is 0 Å². The molecule has 0 bridgehead atoms. The molecule has 35 heavy (non-hydrogen) atoms. The molecule has 3 rings (SSSR count). The van der Waals surface area contributed by atoms with Crippen molar-refractivity contribution in [1.82, 2.24) is 5.43 Å². The lowest BCUT2D eigenvalue weighted by Gasteiger charge is -2.24. The minimum Gasteiger partial charge on any atom is -0.490 e. The van der Waals surface area contributed by atoms with E-state index in [2.05, 4.69) is 10.5 Å². The van der Waals surface area contributed by atoms with E-state index in [9.17, 15) is 23.3 Å². The van der Waals surface area contributed by atoms with Crippen LogP contribution in [0.4, 0.5) is 11.4 Å². The number of anilines is 1. The van der Waals surface area contributed by atoms with Crippen LogP contribution in [0.15, 0.2) is 76.7 Å². The maximum absolute atomic E-state index is 13.3. The summed E-state index contributed by atoms with van der Waals surface area (Å²) in [6, 6.07) is 15.8. The number of sulfonamides is 1. The topological polar surface area (TPSA) is 131 Å². The highest BCUT2D eigenvalue weighted by atomic mass is 35.5. The molecule has 13 heteroatoms. The molecule has 0 aromatic heterocycles. The second kappa shape index (κ2) is 11.2. The number of ether oxygens (including phenoxy) is 1. The van der Waals surface area contributed by atoms with Crippen LogP contribution in [-0.4, -0.2) is 39.1 Å². The molecule has 3 aromatic carbocycles. The number of hydrogen-bond acceptors (Lipinski definition) is 7. The number of carbonyl (C=O) groups is 1. The summed E-state index contributed by atoms with van der Waals surface area (Å²) in [6.07, 6.45) is 1.18. The third-order valence-corrected chi connectivity index (χ3v) is 6.91. The lowest BCUT2D eigenvalue weighted by atomic mass is 10.2. The van der Waals surface area contributed by atoms with Crippen molar-refractivity contribution in [2.45, 2.75) is 4.90 Å². The monoisotopic (exact) mass is 536 g/mol. The van der Waals surface area contributed by atoms with Crippen LogP contribution >= 0.6 is 23.2 Å². The molecule has 3 aromatic rings. The van der Waals surface area contributed by atoms with Gasteiger partial charge >= 0.3 is 5.69 Å². The van der Waals surface area contributed by atoms with E-state index >= 15 is 0 Å². The zero-order valence-corrected chi connectivity index (χ0v) is 20.4. The summed E-state index contributed by atoms with van der Waals surface area (Å²) in [5.74, 6) is -0.715. The average molecular weight is 537 g/mol. The molecule has 1 N–H and O–H groups in total. The molecular formula is C22H18Cl2N4O6S. The lowest BCUT2D eigenvalue weighted by Crippen LogP contribution is -2.39. The molecule has 10 nitrogen and oxygen atoms in total. The van der Waals surface area contributed by atoms with Crippen LogP contribution in [0.25, 0.3) is 0 Å². The lowest BCUT2D eigenvalue weighted by molar-refractivity contribution is -0.385. The van der Waals surface area contributed by atoms with Crippen molar-refractivity contribution >= 4 is 56.7 Å². The number of nitrogens with zero attached hydrogens (tertiary/aromatic N) is 3. The number of rotatable bonds is 9. The Kier molecular flexibility index (Phi) is 8.28. The van der Waals surface area contributed by atoms with Crippen LogP contribution in [0.2, 0.25) is 10.0 Å². The number of halogens is 2. The van der Waals surface area contributed by atoms with Crippen LogP contribution < -0.4 is 14.5 Å². The molecule has 0 aliphatic heterocycles. The van der Waals surface area contributed by atoms with Crippen LogP contribution in [0.1, 0.15) is 5.56 Å². The van der Waals surface area contributed by atoms with Gasteiger partial charge in [0, 0.05) is 16.7 Å². The van der Waals surface area contributed by atoms with Gasteiger partial charge in [0.1, 0.15) is 6.54 Å². The summed E-state index contributed by atoms with van der Waals surface area (Å²) < 4.78 is 32.4. The molecule has 0 heterocycles. The van der Waals surface area contributed by atoms with Gasteiger partial charge in [-0.05, 0) is 42.5 Å². The number of methoxy groups -OCH3 is 1. The minimum atomic E-state index is -4.18. The first kappa shape index (κ1) is 25.9. The highest BCUT2D eigenvalue weighted by Gasteiger charge is 2.28. The summed E-state index contributed by atoms with van der Waals surface area (Å²) in [5, 5.41) is 15.2. The van der Waals surface area contributed by atoms with Gasteiger partial charge in [0.05, 0.1) is 33.9 Å². The Balaban J connectivity index is 1.85. The van der Waals surface area contributed by atoms with E-state index in [1.807, 2.05) is 0 Å². The fourth-order valence-corrected chi connectivity index (χ4v) is 5.00. The standard InChI is InChI=1S/C22H18Cl2N4O6S/c1-34-21-10-7-15(11-20(21)28(30)31)13-25-26-22(29)14-27(19-9-8-16(23)12-18(19)24)35(32,33)17-5-3-2-4-6-17/h2-13H,14H2,1H3,(H,26,29)/b25-13-. The Hall–Kier alpha value is -3.67. The number of nitro benzene ring substituents is 1. The van der Waals surface area contributed by atoms with Gasteiger partial charge in [-0.25, -0.2) is 13.8 Å². The first-order valence-corrected chi connectivity index (χ1v) is 12.0. The first-order valence-electron chi connectivity index (χ1n) is 9.80. The summed E-state index contributed by atoms with van der Waals surface area (Å²) in [5.41, 5.74) is 2.30. The SMILES string of the molecule is COc1ccc(/C=N\NC(=O)CN(c2ccc(Cl)cc2Cl)S(=O)(=O)c2ccccc2)cc1[N+](=O)[O-]. The van der Waals surface area contributed by atoms with Crippen molar-refractivity contribution < 1.29 is 22.9 Å². The van der Waals surface area contributed by atoms with Crippen molar-refractivity contribution in [3.8, 4) is 5.75 Å². The van der Waals surface area contributed by atoms with Gasteiger partial charge in [0.2, 0.25) is 0 Å². The molecule has 0 aliphatic rings. The Morgan fingerprint density at radius 1 is 1.14 bits per heavy atom. The Morgan fingerprint density at radius 2 is 1.86 bits per heavy atom. The summed E-state index contributed by atoms with van der Waals surface area (Å²) in [6.45, 7) is -0.654. The third-order valence-electron chi connectivity index (χ3n) is 4.60. The van der Waals surface area contributed by atoms with Gasteiger partial charge in [-0.2, -0.15) is 5.10 Å². The predicted octanol–water partition coefficient (Wildman–Crippen LogP) is 4.26. The van der Waals surface area contributed by atoms with Gasteiger partial charge in [-0.3, -0.25) is 19.2 Å². The summed E-state index contributed by atoms with van der Waals surface area (Å²) in [7, 11) is -2.88. The van der Waals surface area contributed by atoms with Crippen LogP contribution in [0.5, 0.6) is 5.75 Å². The second-order valence-corrected chi connectivity index (χ2v) is 9.61. The molecule has 1 amide bonds. The van der Waals surface area contributed by atoms with Crippen molar-refractivity contribution in [2.75, 3.05) is 18.0 Å². The number of hydrogen-bond donors (Lipinski definition) is 1. The Morgan fingerprint density at radius 3 is 2.49 bits per heavy atom. The minimum absolute atomic E-state index is 0.0267. The van der Waals surface area contributed by atoms with E-state index in [1.165, 1.54) is 61.9 Å². The summed E-state index contributed by atoms with van der Waals surface area (Å²) in [4.78, 5) is 23.1. The summed E-state index contributed by atoms with van der Waals surface area (Å²) >= 11 is 12.2. The number of nitrogens with one attached hydrogen (secondary N) is 1. The first-order chi connectivity index (χ1) is 16.6. The molecule has 0 atom stereocenters. The molecule has 0 radical (unpaired) electrons. The maximum Gasteiger partial charge on any atom is 0.311 e. The van der Waals surface area contributed by atoms with E-state index in [1.54, 1.807) is 18.2 Å². The zero-order valence-electron chi connectivity index (χ0n) is 18.1. The van der Waals surface area contributed by atoms with E-state index in [0.29, 0.717) is 10.6 Å². The quantitative estimate of drug-likeness (QED) is 0.247. The molecule has 0 spiro atoms. The highest BCUT2D eigenvalue weighted by molar-refractivity contribution is 7.92. The number of amides is 1. The number of hydrazone groups is 1. The van der Waals surface area contributed by atoms with E-state index in [-0.39, 0.29) is 27.0 Å². The van der Waals surface area contributed by atoms with Crippen LogP contribution in [0, 0.1) is 10.1 Å². The van der Waals surface area contributed by atoms with E-state index in [4.69, 9.17) is 27.9 Å². The molecule has 0 saturated carbocycles. The molecule has 0 saturated heterocycles. The number of nitro groups is 1. The molecular weight excluding hydrogens is 519 g/mol. The second-order valence-electron chi connectivity index (χ2n) is 6.90. The third kappa shape index (κ3) is 6.27. The maximum atomic E-state index is 13.3. The van der Waals surface area contributed by atoms with Gasteiger partial charge in [0.15, 0.2) is 5.75 Å². The molecule has 182 valence electrons. The Labute approximate surface area is 210 Å².